The molecule has 3 rings (SSSR count). The van der Waals surface area contributed by atoms with Crippen molar-refractivity contribution in [1.82, 2.24) is 0 Å². The van der Waals surface area contributed by atoms with Crippen molar-refractivity contribution in [2.24, 2.45) is 5.16 Å². The smallest absolute Gasteiger partial charge is 0.310 e. The second kappa shape index (κ2) is 11.1. The molecule has 0 radical (unpaired) electrons. The topological polar surface area (TPSA) is 55.7 Å². The number of rotatable bonds is 9. The van der Waals surface area contributed by atoms with Gasteiger partial charge in [-0.15, -0.1) is 0 Å². The molecule has 0 unspecified atom stereocenters. The Labute approximate surface area is 218 Å². The molecule has 0 spiro atoms. The fourth-order valence-corrected chi connectivity index (χ4v) is 3.74. The minimum Gasteiger partial charge on any atom is -0.310 e. The third-order valence-electron chi connectivity index (χ3n) is 4.98. The van der Waals surface area contributed by atoms with Crippen molar-refractivity contribution in [3.8, 4) is 0 Å². The molecular weight excluding hydrogens is 565 g/mol. The van der Waals surface area contributed by atoms with Crippen LogP contribution in [0.15, 0.2) is 99.9 Å². The van der Waals surface area contributed by atoms with Crippen molar-refractivity contribution in [2.75, 3.05) is 0 Å². The molecular formula is C25H14F9NO3S. The molecule has 14 heteroatoms. The molecule has 39 heavy (non-hydrogen) atoms. The van der Waals surface area contributed by atoms with E-state index >= 15 is 0 Å². The summed E-state index contributed by atoms with van der Waals surface area (Å²) in [7, 11) is 0. The monoisotopic (exact) mass is 579 g/mol. The molecule has 3 aromatic rings. The molecule has 0 fully saturated rings. The van der Waals surface area contributed by atoms with E-state index in [-0.39, 0.29) is 11.1 Å². The minimum absolute atomic E-state index is 0.133. The summed E-state index contributed by atoms with van der Waals surface area (Å²) in [5.41, 5.74) is -1.20. The van der Waals surface area contributed by atoms with Crippen molar-refractivity contribution >= 4 is 29.2 Å². The zero-order valence-electron chi connectivity index (χ0n) is 19.1. The average molecular weight is 579 g/mol. The summed E-state index contributed by atoms with van der Waals surface area (Å²) in [5.74, 6) is -25.8. The molecule has 0 saturated heterocycles. The zero-order valence-corrected chi connectivity index (χ0v) is 19.9. The van der Waals surface area contributed by atoms with Gasteiger partial charge in [-0.1, -0.05) is 65.4 Å². The van der Waals surface area contributed by atoms with E-state index < -0.39 is 41.4 Å². The van der Waals surface area contributed by atoms with E-state index in [1.807, 2.05) is 18.2 Å². The Kier molecular flexibility index (Phi) is 8.48. The van der Waals surface area contributed by atoms with E-state index in [9.17, 15) is 49.1 Å². The van der Waals surface area contributed by atoms with Gasteiger partial charge in [-0.2, -0.15) is 39.5 Å². The molecule has 0 atom stereocenters. The van der Waals surface area contributed by atoms with Crippen LogP contribution in [0.25, 0.3) is 0 Å². The number of hydrogen-bond donors (Lipinski definition) is 0. The number of Topliss-reactive ketones (excluding diaryl/α,β-unsaturated/α-hetero) is 1. The summed E-state index contributed by atoms with van der Waals surface area (Å²) < 4.78 is 118. The Morgan fingerprint density at radius 1 is 0.615 bits per heavy atom. The fraction of sp³-hybridized carbons (Fsp3) is 0.160. The van der Waals surface area contributed by atoms with E-state index in [4.69, 9.17) is 0 Å². The van der Waals surface area contributed by atoms with Gasteiger partial charge in [0.1, 0.15) is 0 Å². The second-order valence-corrected chi connectivity index (χ2v) is 8.82. The van der Waals surface area contributed by atoms with Crippen LogP contribution >= 0.6 is 11.8 Å². The summed E-state index contributed by atoms with van der Waals surface area (Å²) in [6.45, 7) is 0. The molecule has 0 aliphatic heterocycles. The quantitative estimate of drug-likeness (QED) is 0.0870. The van der Waals surface area contributed by atoms with Gasteiger partial charge in [0, 0.05) is 20.9 Å². The van der Waals surface area contributed by atoms with E-state index in [0.29, 0.717) is 4.90 Å². The normalized spacial score (nSPS) is 13.2. The van der Waals surface area contributed by atoms with Crippen molar-refractivity contribution in [1.29, 1.82) is 0 Å². The van der Waals surface area contributed by atoms with Crippen LogP contribution in [0.5, 0.6) is 0 Å². The zero-order chi connectivity index (χ0) is 29.1. The standard InChI is InChI=1S/C25H14F9NO3S/c26-22(27,23(28,29)24(30,31)25(32,33)34)21(37)38-35-19(15-7-3-1-4-8-15)20(36)16-11-13-18(14-12-16)39-17-9-5-2-6-10-17/h1-14H/b35-19+. The third-order valence-corrected chi connectivity index (χ3v) is 5.99. The highest BCUT2D eigenvalue weighted by molar-refractivity contribution is 7.99. The third kappa shape index (κ3) is 6.10. The minimum atomic E-state index is -7.30. The lowest BCUT2D eigenvalue weighted by atomic mass is 10.0. The lowest BCUT2D eigenvalue weighted by Crippen LogP contribution is -2.63. The maximum absolute atomic E-state index is 13.9. The number of ketones is 1. The molecule has 0 bridgehead atoms. The number of nitrogens with zero attached hydrogens (tertiary/aromatic N) is 1. The van der Waals surface area contributed by atoms with Crippen molar-refractivity contribution < 1.29 is 53.9 Å². The highest BCUT2D eigenvalue weighted by Crippen LogP contribution is 2.53. The summed E-state index contributed by atoms with van der Waals surface area (Å²) in [6, 6.07) is 21.2. The first-order valence-corrected chi connectivity index (χ1v) is 11.3. The summed E-state index contributed by atoms with van der Waals surface area (Å²) >= 11 is 1.33. The van der Waals surface area contributed by atoms with Crippen LogP contribution in [0.3, 0.4) is 0 Å². The number of carbonyl (C=O) groups is 2. The first kappa shape index (κ1) is 29.7. The fourth-order valence-electron chi connectivity index (χ4n) is 2.90. The Morgan fingerprint density at radius 3 is 1.62 bits per heavy atom. The number of alkyl halides is 9. The first-order chi connectivity index (χ1) is 18.1. The number of halogens is 9. The SMILES string of the molecule is O=C(/C(=N/OC(=O)C(F)(F)C(F)(F)C(F)(F)C(F)(F)F)c1ccccc1)c1ccc(Sc2ccccc2)cc1. The van der Waals surface area contributed by atoms with Crippen LogP contribution in [-0.4, -0.2) is 41.4 Å². The van der Waals surface area contributed by atoms with E-state index in [0.717, 1.165) is 4.90 Å². The molecule has 0 aromatic heterocycles. The number of oxime groups is 1. The van der Waals surface area contributed by atoms with Crippen molar-refractivity contribution in [3.05, 3.63) is 96.1 Å². The van der Waals surface area contributed by atoms with Crippen LogP contribution in [0.4, 0.5) is 39.5 Å². The first-order valence-electron chi connectivity index (χ1n) is 10.5. The van der Waals surface area contributed by atoms with Gasteiger partial charge in [-0.05, 0) is 36.4 Å². The molecule has 206 valence electrons. The molecule has 0 aliphatic carbocycles. The largest absolute Gasteiger partial charge is 0.460 e. The predicted octanol–water partition coefficient (Wildman–Crippen LogP) is 7.44. The molecule has 4 nitrogen and oxygen atoms in total. The average Bonchev–Trinajstić information content (AvgIpc) is 2.89. The van der Waals surface area contributed by atoms with Crippen LogP contribution in [0, 0.1) is 0 Å². The lowest BCUT2D eigenvalue weighted by Gasteiger charge is -2.31. The molecule has 0 aliphatic rings. The Bertz CT molecular complexity index is 1340. The van der Waals surface area contributed by atoms with Gasteiger partial charge in [0.25, 0.3) is 0 Å². The summed E-state index contributed by atoms with van der Waals surface area (Å²) in [4.78, 5) is 29.9. The Hall–Kier alpha value is -3.81. The number of hydrogen-bond acceptors (Lipinski definition) is 5. The van der Waals surface area contributed by atoms with Crippen LogP contribution in [-0.2, 0) is 9.63 Å². The predicted molar refractivity (Wildman–Crippen MR) is 121 cm³/mol. The van der Waals surface area contributed by atoms with Gasteiger partial charge in [0.15, 0.2) is 5.71 Å². The molecule has 3 aromatic carbocycles. The number of benzene rings is 3. The molecule has 0 heterocycles. The van der Waals surface area contributed by atoms with E-state index in [1.54, 1.807) is 12.1 Å². The van der Waals surface area contributed by atoms with Gasteiger partial charge in [-0.25, -0.2) is 4.79 Å². The highest BCUT2D eigenvalue weighted by Gasteiger charge is 2.84. The Balaban J connectivity index is 1.90. The molecule has 0 amide bonds. The van der Waals surface area contributed by atoms with Gasteiger partial charge in [0.05, 0.1) is 0 Å². The second-order valence-electron chi connectivity index (χ2n) is 7.67. The van der Waals surface area contributed by atoms with Crippen molar-refractivity contribution in [3.63, 3.8) is 0 Å². The maximum atomic E-state index is 13.9. The molecule has 0 N–H and O–H groups in total. The van der Waals surface area contributed by atoms with Crippen LogP contribution < -0.4 is 0 Å². The van der Waals surface area contributed by atoms with Gasteiger partial charge < -0.3 is 4.84 Å². The van der Waals surface area contributed by atoms with Gasteiger partial charge in [-0.3, -0.25) is 4.79 Å². The van der Waals surface area contributed by atoms with Gasteiger partial charge in [0.2, 0.25) is 5.78 Å². The Morgan fingerprint density at radius 2 is 1.10 bits per heavy atom. The lowest BCUT2D eigenvalue weighted by molar-refractivity contribution is -0.390. The summed E-state index contributed by atoms with van der Waals surface area (Å²) in [5, 5.41) is 2.86. The van der Waals surface area contributed by atoms with Gasteiger partial charge >= 0.3 is 29.9 Å². The summed E-state index contributed by atoms with van der Waals surface area (Å²) in [6.07, 6.45) is -7.13. The highest BCUT2D eigenvalue weighted by atomic mass is 32.2. The van der Waals surface area contributed by atoms with Crippen molar-refractivity contribution in [2.45, 2.75) is 33.7 Å². The molecule has 0 saturated carbocycles. The van der Waals surface area contributed by atoms with Crippen LogP contribution in [0.2, 0.25) is 0 Å². The van der Waals surface area contributed by atoms with E-state index in [1.165, 1.54) is 66.4 Å². The van der Waals surface area contributed by atoms with E-state index in [2.05, 4.69) is 9.99 Å². The van der Waals surface area contributed by atoms with Crippen LogP contribution in [0.1, 0.15) is 15.9 Å². The maximum Gasteiger partial charge on any atom is 0.460 e. The number of carbonyl (C=O) groups excluding carboxylic acids is 2.